The third-order valence-corrected chi connectivity index (χ3v) is 6.68. The topological polar surface area (TPSA) is 84.9 Å². The summed E-state index contributed by atoms with van der Waals surface area (Å²) >= 11 is 0. The van der Waals surface area contributed by atoms with E-state index in [2.05, 4.69) is 5.32 Å². The Bertz CT molecular complexity index is 912. The molecule has 0 aliphatic heterocycles. The average molecular weight is 435 g/mol. The smallest absolute Gasteiger partial charge is 0.251 e. The van der Waals surface area contributed by atoms with Crippen molar-refractivity contribution in [2.24, 2.45) is 0 Å². The van der Waals surface area contributed by atoms with Gasteiger partial charge in [-0.2, -0.15) is 4.31 Å². The molecular weight excluding hydrogens is 404 g/mol. The Morgan fingerprint density at radius 2 is 1.77 bits per heavy atom. The highest BCUT2D eigenvalue weighted by molar-refractivity contribution is 7.89. The fraction of sp³-hybridized carbons (Fsp3) is 0.409. The zero-order valence-corrected chi connectivity index (χ0v) is 18.6. The normalized spacial score (nSPS) is 11.5. The van der Waals surface area contributed by atoms with Crippen LogP contribution in [0.25, 0.3) is 0 Å². The quantitative estimate of drug-likeness (QED) is 0.519. The summed E-state index contributed by atoms with van der Waals surface area (Å²) in [6.07, 6.45) is 0.652. The molecular formula is C22H30N2O5S. The molecule has 0 atom stereocenters. The van der Waals surface area contributed by atoms with E-state index in [0.717, 1.165) is 5.56 Å². The number of nitrogens with zero attached hydrogens (tertiary/aromatic N) is 1. The molecule has 0 saturated heterocycles. The Morgan fingerprint density at radius 1 is 1.07 bits per heavy atom. The summed E-state index contributed by atoms with van der Waals surface area (Å²) < 4.78 is 37.9. The molecule has 2 rings (SSSR count). The van der Waals surface area contributed by atoms with E-state index in [1.807, 2.05) is 30.3 Å². The molecule has 0 aliphatic carbocycles. The monoisotopic (exact) mass is 434 g/mol. The number of hydrogen-bond donors (Lipinski definition) is 1. The maximum atomic E-state index is 12.9. The molecule has 0 radical (unpaired) electrons. The first kappa shape index (κ1) is 23.9. The summed E-state index contributed by atoms with van der Waals surface area (Å²) in [6.45, 7) is 5.67. The molecule has 1 amide bonds. The highest BCUT2D eigenvalue weighted by Crippen LogP contribution is 2.27. The lowest BCUT2D eigenvalue weighted by atomic mass is 10.2. The van der Waals surface area contributed by atoms with Crippen LogP contribution in [0.5, 0.6) is 5.75 Å². The number of carbonyl (C=O) groups is 1. The number of sulfonamides is 1. The van der Waals surface area contributed by atoms with Crippen LogP contribution in [0.2, 0.25) is 0 Å². The molecule has 0 spiro atoms. The van der Waals surface area contributed by atoms with Crippen LogP contribution < -0.4 is 10.1 Å². The first-order valence-corrected chi connectivity index (χ1v) is 11.5. The molecule has 0 aromatic heterocycles. The van der Waals surface area contributed by atoms with Crippen LogP contribution in [0.1, 0.15) is 36.2 Å². The second kappa shape index (κ2) is 11.7. The second-order valence-electron chi connectivity index (χ2n) is 6.60. The van der Waals surface area contributed by atoms with Crippen molar-refractivity contribution in [2.45, 2.75) is 31.8 Å². The van der Waals surface area contributed by atoms with E-state index in [1.54, 1.807) is 19.9 Å². The van der Waals surface area contributed by atoms with Gasteiger partial charge >= 0.3 is 0 Å². The number of nitrogens with one attached hydrogen (secondary N) is 1. The minimum atomic E-state index is -3.75. The Labute approximate surface area is 179 Å². The van der Waals surface area contributed by atoms with E-state index in [0.29, 0.717) is 39.3 Å². The molecule has 0 heterocycles. The lowest BCUT2D eigenvalue weighted by Gasteiger charge is -2.20. The predicted octanol–water partition coefficient (Wildman–Crippen LogP) is 3.06. The first-order valence-electron chi connectivity index (χ1n) is 10.0. The highest BCUT2D eigenvalue weighted by Gasteiger charge is 2.26. The van der Waals surface area contributed by atoms with Gasteiger partial charge in [-0.3, -0.25) is 4.79 Å². The van der Waals surface area contributed by atoms with Gasteiger partial charge in [0.15, 0.2) is 0 Å². The van der Waals surface area contributed by atoms with Gasteiger partial charge in [0.25, 0.3) is 5.91 Å². The minimum absolute atomic E-state index is 0.00690. The average Bonchev–Trinajstić information content (AvgIpc) is 2.76. The van der Waals surface area contributed by atoms with Gasteiger partial charge in [-0.05, 0) is 30.2 Å². The van der Waals surface area contributed by atoms with Crippen LogP contribution in [-0.2, 0) is 21.4 Å². The van der Waals surface area contributed by atoms with Crippen molar-refractivity contribution in [3.8, 4) is 5.75 Å². The van der Waals surface area contributed by atoms with Crippen LogP contribution in [0.3, 0.4) is 0 Å². The number of carbonyl (C=O) groups excluding carboxylic acids is 1. The second-order valence-corrected chi connectivity index (χ2v) is 8.51. The molecule has 1 N–H and O–H groups in total. The molecule has 0 fully saturated rings. The van der Waals surface area contributed by atoms with Gasteiger partial charge in [0.1, 0.15) is 10.6 Å². The molecule has 2 aromatic carbocycles. The van der Waals surface area contributed by atoms with Crippen LogP contribution in [0.15, 0.2) is 53.4 Å². The lowest BCUT2D eigenvalue weighted by molar-refractivity contribution is 0.0934. The highest BCUT2D eigenvalue weighted by atomic mass is 32.2. The standard InChI is InChI=1S/C22H30N2O5S/c1-4-24(5-2)30(26,27)21-16-19(12-13-20(21)28-3)22(25)23-14-9-15-29-17-18-10-7-6-8-11-18/h6-8,10-13,16H,4-5,9,14-15,17H2,1-3H3,(H,23,25). The van der Waals surface area contributed by atoms with Crippen LogP contribution >= 0.6 is 0 Å². The number of rotatable bonds is 12. The van der Waals surface area contributed by atoms with E-state index < -0.39 is 10.0 Å². The third kappa shape index (κ3) is 6.29. The van der Waals surface area contributed by atoms with E-state index in [1.165, 1.54) is 23.5 Å². The van der Waals surface area contributed by atoms with Gasteiger partial charge < -0.3 is 14.8 Å². The Balaban J connectivity index is 1.94. The summed E-state index contributed by atoms with van der Waals surface area (Å²) in [5, 5.41) is 2.80. The first-order chi connectivity index (χ1) is 14.4. The summed E-state index contributed by atoms with van der Waals surface area (Å²) in [5.41, 5.74) is 1.37. The number of hydrogen-bond acceptors (Lipinski definition) is 5. The summed E-state index contributed by atoms with van der Waals surface area (Å²) in [6, 6.07) is 14.3. The van der Waals surface area contributed by atoms with Crippen molar-refractivity contribution >= 4 is 15.9 Å². The molecule has 8 heteroatoms. The van der Waals surface area contributed by atoms with Gasteiger partial charge in [0, 0.05) is 31.8 Å². The summed E-state index contributed by atoms with van der Waals surface area (Å²) in [7, 11) is -2.34. The van der Waals surface area contributed by atoms with Crippen molar-refractivity contribution in [3.63, 3.8) is 0 Å². The number of ether oxygens (including phenoxy) is 2. The van der Waals surface area contributed by atoms with E-state index >= 15 is 0 Å². The van der Waals surface area contributed by atoms with Gasteiger partial charge in [0.2, 0.25) is 10.0 Å². The largest absolute Gasteiger partial charge is 0.495 e. The van der Waals surface area contributed by atoms with E-state index in [4.69, 9.17) is 9.47 Å². The van der Waals surface area contributed by atoms with Crippen molar-refractivity contribution in [2.75, 3.05) is 33.4 Å². The van der Waals surface area contributed by atoms with Crippen molar-refractivity contribution in [1.82, 2.24) is 9.62 Å². The SMILES string of the molecule is CCN(CC)S(=O)(=O)c1cc(C(=O)NCCCOCc2ccccc2)ccc1OC. The fourth-order valence-corrected chi connectivity index (χ4v) is 4.60. The molecule has 0 aliphatic rings. The molecule has 2 aromatic rings. The summed E-state index contributed by atoms with van der Waals surface area (Å²) in [5.74, 6) is -0.121. The van der Waals surface area contributed by atoms with Crippen LogP contribution in [-0.4, -0.2) is 52.0 Å². The minimum Gasteiger partial charge on any atom is -0.495 e. The lowest BCUT2D eigenvalue weighted by Crippen LogP contribution is -2.31. The van der Waals surface area contributed by atoms with Gasteiger partial charge in [0.05, 0.1) is 13.7 Å². The Morgan fingerprint density at radius 3 is 2.40 bits per heavy atom. The molecule has 0 unspecified atom stereocenters. The van der Waals surface area contributed by atoms with E-state index in [9.17, 15) is 13.2 Å². The number of benzene rings is 2. The fourth-order valence-electron chi connectivity index (χ4n) is 2.96. The molecule has 0 bridgehead atoms. The predicted molar refractivity (Wildman–Crippen MR) is 116 cm³/mol. The zero-order chi connectivity index (χ0) is 22.0. The maximum absolute atomic E-state index is 12.9. The molecule has 164 valence electrons. The number of methoxy groups -OCH3 is 1. The molecule has 30 heavy (non-hydrogen) atoms. The summed E-state index contributed by atoms with van der Waals surface area (Å²) in [4.78, 5) is 12.5. The van der Waals surface area contributed by atoms with Crippen molar-refractivity contribution in [3.05, 3.63) is 59.7 Å². The molecule has 0 saturated carbocycles. The number of amides is 1. The van der Waals surface area contributed by atoms with Crippen LogP contribution in [0.4, 0.5) is 0 Å². The van der Waals surface area contributed by atoms with Gasteiger partial charge in [-0.25, -0.2) is 8.42 Å². The maximum Gasteiger partial charge on any atom is 0.251 e. The van der Waals surface area contributed by atoms with Crippen molar-refractivity contribution < 1.29 is 22.7 Å². The van der Waals surface area contributed by atoms with Crippen LogP contribution in [0, 0.1) is 0 Å². The van der Waals surface area contributed by atoms with Crippen molar-refractivity contribution in [1.29, 1.82) is 0 Å². The molecule has 7 nitrogen and oxygen atoms in total. The van der Waals surface area contributed by atoms with E-state index in [-0.39, 0.29) is 22.1 Å². The van der Waals surface area contributed by atoms with Gasteiger partial charge in [-0.15, -0.1) is 0 Å². The zero-order valence-electron chi connectivity index (χ0n) is 17.8. The Hall–Kier alpha value is -2.42. The Kier molecular flexibility index (Phi) is 9.29. The van der Waals surface area contributed by atoms with Gasteiger partial charge in [-0.1, -0.05) is 44.2 Å². The third-order valence-electron chi connectivity index (χ3n) is 4.61.